The molecule has 2 aliphatic heterocycles. The number of anilines is 1. The molecule has 0 radical (unpaired) electrons. The summed E-state index contributed by atoms with van der Waals surface area (Å²) >= 11 is 6.71. The number of nitrogens with two attached hydrogens (primary N) is 1. The molecule has 0 bridgehead atoms. The zero-order chi connectivity index (χ0) is 26.4. The molecule has 0 saturated carbocycles. The summed E-state index contributed by atoms with van der Waals surface area (Å²) in [6.07, 6.45) is 4.41. The Bertz CT molecular complexity index is 1220. The topological polar surface area (TPSA) is 81.8 Å². The summed E-state index contributed by atoms with van der Waals surface area (Å²) in [5, 5.41) is 15.7. The van der Waals surface area contributed by atoms with Crippen LogP contribution in [0.1, 0.15) is 30.4 Å². The average Bonchev–Trinajstić information content (AvgIpc) is 3.15. The molecular formula is C29H36N4O2S2. The van der Waals surface area contributed by atoms with Crippen LogP contribution in [0.5, 0.6) is 0 Å². The number of benzene rings is 3. The van der Waals surface area contributed by atoms with E-state index in [0.717, 1.165) is 41.8 Å². The number of piperidine rings is 1. The van der Waals surface area contributed by atoms with Crippen molar-refractivity contribution in [2.24, 2.45) is 0 Å². The molecule has 3 aromatic rings. The van der Waals surface area contributed by atoms with Crippen LogP contribution in [0.25, 0.3) is 10.8 Å². The average molecular weight is 537 g/mol. The van der Waals surface area contributed by atoms with E-state index >= 15 is 0 Å². The molecule has 3 aromatic carbocycles. The van der Waals surface area contributed by atoms with Crippen molar-refractivity contribution in [2.45, 2.75) is 44.4 Å². The molecule has 2 saturated heterocycles. The molecule has 2 aliphatic rings. The first-order chi connectivity index (χ1) is 17.8. The number of aliphatic hydroxyl groups is 1. The van der Waals surface area contributed by atoms with Gasteiger partial charge in [-0.05, 0) is 71.6 Å². The van der Waals surface area contributed by atoms with Gasteiger partial charge in [0.15, 0.2) is 0 Å². The number of para-hydroxylation sites is 1. The lowest BCUT2D eigenvalue weighted by Gasteiger charge is -2.44. The van der Waals surface area contributed by atoms with Crippen LogP contribution in [0.3, 0.4) is 0 Å². The standard InChI is InChI=1S/C22H27N3O2S2.C7H9N/c1-29-13-8-19-20(26)25(22(23-19)9-11-24(12-10-22)21(27)28)15-16-6-7-17-4-2-3-5-18(17)14-16;1-6-4-2-3-5-7(6)8/h2-7,14,19,23H,8-13,15H2,1H3,(H,27,28);2-5H,8H2,1H3. The van der Waals surface area contributed by atoms with Crippen LogP contribution in [0, 0.1) is 6.92 Å². The van der Waals surface area contributed by atoms with Gasteiger partial charge in [-0.2, -0.15) is 11.8 Å². The number of aliphatic hydroxyl groups excluding tert-OH is 1. The zero-order valence-corrected chi connectivity index (χ0v) is 23.2. The van der Waals surface area contributed by atoms with Crippen LogP contribution < -0.4 is 11.1 Å². The maximum Gasteiger partial charge on any atom is 0.256 e. The van der Waals surface area contributed by atoms with Gasteiger partial charge in [-0.25, -0.2) is 0 Å². The molecule has 1 unspecified atom stereocenters. The summed E-state index contributed by atoms with van der Waals surface area (Å²) in [6.45, 7) is 3.89. The monoisotopic (exact) mass is 536 g/mol. The number of amides is 1. The van der Waals surface area contributed by atoms with Crippen LogP contribution in [0.2, 0.25) is 0 Å². The largest absolute Gasteiger partial charge is 0.487 e. The summed E-state index contributed by atoms with van der Waals surface area (Å²) in [5.41, 5.74) is 8.31. The third-order valence-corrected chi connectivity index (χ3v) is 8.24. The summed E-state index contributed by atoms with van der Waals surface area (Å²) in [7, 11) is 0. The van der Waals surface area contributed by atoms with Crippen molar-refractivity contribution >= 4 is 51.5 Å². The van der Waals surface area contributed by atoms with E-state index in [2.05, 4.69) is 41.9 Å². The molecule has 8 heteroatoms. The van der Waals surface area contributed by atoms with Crippen LogP contribution >= 0.6 is 24.0 Å². The Hall–Kier alpha value is -2.81. The van der Waals surface area contributed by atoms with Gasteiger partial charge < -0.3 is 20.6 Å². The van der Waals surface area contributed by atoms with Gasteiger partial charge in [0.25, 0.3) is 5.17 Å². The highest BCUT2D eigenvalue weighted by atomic mass is 32.2. The van der Waals surface area contributed by atoms with Crippen LogP contribution in [-0.2, 0) is 11.3 Å². The lowest BCUT2D eigenvalue weighted by atomic mass is 9.95. The lowest BCUT2D eigenvalue weighted by molar-refractivity contribution is -0.134. The van der Waals surface area contributed by atoms with E-state index in [9.17, 15) is 9.90 Å². The third kappa shape index (κ3) is 6.37. The number of fused-ring (bicyclic) bond motifs is 1. The second kappa shape index (κ2) is 12.2. The van der Waals surface area contributed by atoms with Crippen LogP contribution in [-0.4, -0.2) is 62.8 Å². The maximum absolute atomic E-state index is 13.3. The number of aryl methyl sites for hydroxylation is 1. The molecule has 6 nitrogen and oxygen atoms in total. The van der Waals surface area contributed by atoms with Gasteiger partial charge in [0.1, 0.15) is 0 Å². The number of nitrogen functional groups attached to an aromatic ring is 1. The SMILES string of the molecule is CSCCC1NC2(CCN(C(O)=S)CC2)N(Cc2ccc3ccccc3c2)C1=O.Cc1ccccc1N. The van der Waals surface area contributed by atoms with Gasteiger partial charge in [-0.3, -0.25) is 10.1 Å². The molecule has 1 spiro atoms. The van der Waals surface area contributed by atoms with Gasteiger partial charge in [-0.15, -0.1) is 0 Å². The van der Waals surface area contributed by atoms with Gasteiger partial charge in [0.2, 0.25) is 5.91 Å². The fourth-order valence-electron chi connectivity index (χ4n) is 5.11. The number of rotatable bonds is 5. The van der Waals surface area contributed by atoms with Gasteiger partial charge in [0, 0.05) is 38.2 Å². The summed E-state index contributed by atoms with van der Waals surface area (Å²) in [4.78, 5) is 17.2. The quantitative estimate of drug-likeness (QED) is 0.309. The van der Waals surface area contributed by atoms with Crippen molar-refractivity contribution in [3.63, 3.8) is 0 Å². The Morgan fingerprint density at radius 2 is 1.78 bits per heavy atom. The first kappa shape index (κ1) is 27.2. The molecule has 1 amide bonds. The number of carbonyl (C=O) groups excluding carboxylic acids is 1. The normalized spacial score (nSPS) is 18.6. The lowest BCUT2D eigenvalue weighted by Crippen LogP contribution is -2.59. The second-order valence-corrected chi connectivity index (χ2v) is 11.1. The van der Waals surface area contributed by atoms with Gasteiger partial charge in [0.05, 0.1) is 11.7 Å². The Morgan fingerprint density at radius 3 is 2.41 bits per heavy atom. The Morgan fingerprint density at radius 1 is 1.11 bits per heavy atom. The van der Waals surface area contributed by atoms with Crippen molar-refractivity contribution in [3.8, 4) is 0 Å². The number of hydrogen-bond donors (Lipinski definition) is 3. The predicted octanol–water partition coefficient (Wildman–Crippen LogP) is 5.11. The molecule has 37 heavy (non-hydrogen) atoms. The molecule has 0 aliphatic carbocycles. The first-order valence-corrected chi connectivity index (χ1v) is 14.5. The van der Waals surface area contributed by atoms with Crippen molar-refractivity contribution in [1.29, 1.82) is 0 Å². The fourth-order valence-corrected chi connectivity index (χ4v) is 5.77. The predicted molar refractivity (Wildman–Crippen MR) is 159 cm³/mol. The van der Waals surface area contributed by atoms with E-state index < -0.39 is 0 Å². The van der Waals surface area contributed by atoms with E-state index in [1.807, 2.05) is 53.1 Å². The number of nitrogens with one attached hydrogen (secondary N) is 1. The van der Waals surface area contributed by atoms with Gasteiger partial charge >= 0.3 is 0 Å². The molecule has 2 heterocycles. The van der Waals surface area contributed by atoms with E-state index in [1.54, 1.807) is 11.8 Å². The van der Waals surface area contributed by atoms with Crippen molar-refractivity contribution in [2.75, 3.05) is 30.8 Å². The number of hydrogen-bond acceptors (Lipinski definition) is 5. The minimum atomic E-state index is -0.368. The van der Waals surface area contributed by atoms with Gasteiger partial charge in [-0.1, -0.05) is 54.6 Å². The van der Waals surface area contributed by atoms with E-state index in [0.29, 0.717) is 19.6 Å². The smallest absolute Gasteiger partial charge is 0.256 e. The highest BCUT2D eigenvalue weighted by Crippen LogP contribution is 2.35. The fraction of sp³-hybridized carbons (Fsp3) is 0.379. The van der Waals surface area contributed by atoms with E-state index in [1.165, 1.54) is 10.8 Å². The summed E-state index contributed by atoms with van der Waals surface area (Å²) < 4.78 is 0. The molecule has 1 atom stereocenters. The minimum absolute atomic E-state index is 0.0517. The van der Waals surface area contributed by atoms with Crippen molar-refractivity contribution in [1.82, 2.24) is 15.1 Å². The molecule has 196 valence electrons. The summed E-state index contributed by atoms with van der Waals surface area (Å²) in [6, 6.07) is 22.4. The molecule has 4 N–H and O–H groups in total. The summed E-state index contributed by atoms with van der Waals surface area (Å²) in [5.74, 6) is 1.14. The van der Waals surface area contributed by atoms with Crippen molar-refractivity contribution < 1.29 is 9.90 Å². The van der Waals surface area contributed by atoms with Crippen molar-refractivity contribution in [3.05, 3.63) is 77.9 Å². The van der Waals surface area contributed by atoms with Crippen LogP contribution in [0.4, 0.5) is 5.69 Å². The number of carbonyl (C=O) groups is 1. The highest BCUT2D eigenvalue weighted by molar-refractivity contribution is 7.98. The third-order valence-electron chi connectivity index (χ3n) is 7.34. The molecule has 2 fully saturated rings. The van der Waals surface area contributed by atoms with E-state index in [4.69, 9.17) is 18.0 Å². The minimum Gasteiger partial charge on any atom is -0.487 e. The highest BCUT2D eigenvalue weighted by Gasteiger charge is 2.51. The maximum atomic E-state index is 13.3. The Kier molecular flexibility index (Phi) is 8.95. The van der Waals surface area contributed by atoms with E-state index in [-0.39, 0.29) is 22.8 Å². The molecule has 0 aromatic heterocycles. The Balaban J connectivity index is 0.000000342. The first-order valence-electron chi connectivity index (χ1n) is 12.7. The molecule has 5 rings (SSSR count). The Labute approximate surface area is 229 Å². The second-order valence-electron chi connectivity index (χ2n) is 9.74. The molecular weight excluding hydrogens is 500 g/mol. The zero-order valence-electron chi connectivity index (χ0n) is 21.5. The number of nitrogens with zero attached hydrogens (tertiary/aromatic N) is 2. The number of thioether (sulfide) groups is 1. The number of likely N-dealkylation sites (tertiary alicyclic amines) is 1. The van der Waals surface area contributed by atoms with Crippen LogP contribution in [0.15, 0.2) is 66.7 Å². The number of thiocarbonyl (C=S) groups is 1.